The summed E-state index contributed by atoms with van der Waals surface area (Å²) in [5.41, 5.74) is 6.43. The second-order valence-electron chi connectivity index (χ2n) is 7.28. The predicted molar refractivity (Wildman–Crippen MR) is 111 cm³/mol. The van der Waals surface area contributed by atoms with Crippen molar-refractivity contribution in [2.45, 2.75) is 12.2 Å². The number of nitrogen functional groups attached to an aromatic ring is 1. The van der Waals surface area contributed by atoms with Crippen molar-refractivity contribution in [3.05, 3.63) is 76.0 Å². The Morgan fingerprint density at radius 1 is 1.19 bits per heavy atom. The molecular weight excluding hydrogens is 425 g/mol. The van der Waals surface area contributed by atoms with Crippen LogP contribution in [0.2, 0.25) is 0 Å². The van der Waals surface area contributed by atoms with E-state index in [4.69, 9.17) is 10.5 Å². The lowest BCUT2D eigenvalue weighted by molar-refractivity contribution is -0.137. The summed E-state index contributed by atoms with van der Waals surface area (Å²) in [6.07, 6.45) is -2.93. The van der Waals surface area contributed by atoms with E-state index in [1.54, 1.807) is 22.9 Å². The van der Waals surface area contributed by atoms with Gasteiger partial charge in [0.1, 0.15) is 18.1 Å². The van der Waals surface area contributed by atoms with Crippen molar-refractivity contribution in [1.82, 2.24) is 24.8 Å². The van der Waals surface area contributed by atoms with E-state index in [2.05, 4.69) is 20.3 Å². The van der Waals surface area contributed by atoms with Crippen LogP contribution in [0.4, 0.5) is 19.0 Å². The molecule has 0 bridgehead atoms. The standard InChI is InChI=1S/C21H17F3N6O2/c22-21(23,24)12-4-1-5-13(10-12)30-14(9-11-3-2-6-27-18(11)30)16-15-17(25)28-20(31)29-19(15)32-8-7-26-16/h1-6,9-10,16,26H,7-8H2,(H3,25,28,29,31). The van der Waals surface area contributed by atoms with Gasteiger partial charge in [-0.25, -0.2) is 9.78 Å². The Morgan fingerprint density at radius 2 is 2.03 bits per heavy atom. The summed E-state index contributed by atoms with van der Waals surface area (Å²) in [5, 5.41) is 4.02. The number of halogens is 3. The zero-order valence-electron chi connectivity index (χ0n) is 16.5. The number of fused-ring (bicyclic) bond motifs is 2. The van der Waals surface area contributed by atoms with Crippen LogP contribution < -0.4 is 21.5 Å². The van der Waals surface area contributed by atoms with E-state index < -0.39 is 23.5 Å². The Kier molecular flexibility index (Phi) is 4.63. The summed E-state index contributed by atoms with van der Waals surface area (Å²) in [7, 11) is 0. The van der Waals surface area contributed by atoms with Crippen molar-refractivity contribution in [2.75, 3.05) is 18.9 Å². The quantitative estimate of drug-likeness (QED) is 0.440. The Balaban J connectivity index is 1.79. The minimum Gasteiger partial charge on any atom is -0.476 e. The minimum absolute atomic E-state index is 0.0632. The first-order valence-electron chi connectivity index (χ1n) is 9.73. The number of aromatic amines is 1. The van der Waals surface area contributed by atoms with Gasteiger partial charge in [0.15, 0.2) is 0 Å². The number of H-pyrrole nitrogens is 1. The molecule has 0 radical (unpaired) electrons. The van der Waals surface area contributed by atoms with E-state index >= 15 is 0 Å². The van der Waals surface area contributed by atoms with Crippen LogP contribution in [0.3, 0.4) is 0 Å². The van der Waals surface area contributed by atoms with Crippen molar-refractivity contribution in [1.29, 1.82) is 0 Å². The van der Waals surface area contributed by atoms with Gasteiger partial charge in [-0.2, -0.15) is 18.2 Å². The zero-order valence-corrected chi connectivity index (χ0v) is 16.5. The minimum atomic E-state index is -4.50. The molecule has 0 aliphatic carbocycles. The molecule has 8 nitrogen and oxygen atoms in total. The van der Waals surface area contributed by atoms with E-state index in [0.29, 0.717) is 23.4 Å². The molecule has 3 aromatic heterocycles. The van der Waals surface area contributed by atoms with Gasteiger partial charge in [-0.15, -0.1) is 0 Å². The number of nitrogens with one attached hydrogen (secondary N) is 2. The molecule has 1 aliphatic heterocycles. The number of alkyl halides is 3. The average molecular weight is 442 g/mol. The highest BCUT2D eigenvalue weighted by atomic mass is 19.4. The highest BCUT2D eigenvalue weighted by Crippen LogP contribution is 2.37. The van der Waals surface area contributed by atoms with Crippen molar-refractivity contribution < 1.29 is 17.9 Å². The number of nitrogens with zero attached hydrogens (tertiary/aromatic N) is 3. The SMILES string of the molecule is Nc1[nH]c(=O)nc2c1C(c1cc3cccnc3n1-c1cccc(C(F)(F)F)c1)NCCO2. The molecule has 0 fully saturated rings. The highest BCUT2D eigenvalue weighted by Gasteiger charge is 2.32. The summed E-state index contributed by atoms with van der Waals surface area (Å²) < 4.78 is 47.5. The van der Waals surface area contributed by atoms with Crippen molar-refractivity contribution in [3.8, 4) is 11.6 Å². The fourth-order valence-corrected chi connectivity index (χ4v) is 3.93. The molecule has 1 atom stereocenters. The summed E-state index contributed by atoms with van der Waals surface area (Å²) in [4.78, 5) is 22.6. The highest BCUT2D eigenvalue weighted by molar-refractivity contribution is 5.80. The lowest BCUT2D eigenvalue weighted by atomic mass is 10.0. The Bertz CT molecular complexity index is 1380. The van der Waals surface area contributed by atoms with Crippen LogP contribution in [0.5, 0.6) is 5.88 Å². The van der Waals surface area contributed by atoms with E-state index in [0.717, 1.165) is 17.5 Å². The van der Waals surface area contributed by atoms with Gasteiger partial charge in [0.05, 0.1) is 17.2 Å². The summed E-state index contributed by atoms with van der Waals surface area (Å²) in [6, 6.07) is 9.77. The predicted octanol–water partition coefficient (Wildman–Crippen LogP) is 2.78. The van der Waals surface area contributed by atoms with Crippen molar-refractivity contribution in [3.63, 3.8) is 0 Å². The summed E-state index contributed by atoms with van der Waals surface area (Å²) in [6.45, 7) is 0.633. The topological polar surface area (TPSA) is 111 Å². The molecule has 1 aliphatic rings. The first-order chi connectivity index (χ1) is 15.3. The molecule has 4 heterocycles. The normalized spacial score (nSPS) is 16.4. The molecule has 4 N–H and O–H groups in total. The molecule has 1 aromatic carbocycles. The third-order valence-electron chi connectivity index (χ3n) is 5.26. The second-order valence-corrected chi connectivity index (χ2v) is 7.28. The number of aromatic nitrogens is 4. The largest absolute Gasteiger partial charge is 0.476 e. The maximum absolute atomic E-state index is 13.4. The monoisotopic (exact) mass is 442 g/mol. The molecule has 0 spiro atoms. The molecule has 0 amide bonds. The Hall–Kier alpha value is -3.86. The van der Waals surface area contributed by atoms with Gasteiger partial charge < -0.3 is 15.8 Å². The van der Waals surface area contributed by atoms with Gasteiger partial charge in [0, 0.05) is 29.5 Å². The van der Waals surface area contributed by atoms with E-state index in [1.807, 2.05) is 12.1 Å². The molecule has 1 unspecified atom stereocenters. The lowest BCUT2D eigenvalue weighted by Crippen LogP contribution is -2.27. The van der Waals surface area contributed by atoms with E-state index in [9.17, 15) is 18.0 Å². The molecule has 11 heteroatoms. The third-order valence-corrected chi connectivity index (χ3v) is 5.26. The van der Waals surface area contributed by atoms with Gasteiger partial charge >= 0.3 is 11.9 Å². The van der Waals surface area contributed by atoms with Gasteiger partial charge in [-0.05, 0) is 36.4 Å². The van der Waals surface area contributed by atoms with Crippen LogP contribution in [0.25, 0.3) is 16.7 Å². The summed E-state index contributed by atoms with van der Waals surface area (Å²) in [5.74, 6) is 0.142. The summed E-state index contributed by atoms with van der Waals surface area (Å²) >= 11 is 0. The smallest absolute Gasteiger partial charge is 0.416 e. The average Bonchev–Trinajstić information content (AvgIpc) is 3.00. The molecular formula is C21H17F3N6O2. The van der Waals surface area contributed by atoms with Gasteiger partial charge in [-0.3, -0.25) is 9.55 Å². The lowest BCUT2D eigenvalue weighted by Gasteiger charge is -2.21. The maximum atomic E-state index is 13.4. The number of nitrogens with two attached hydrogens (primary N) is 1. The Morgan fingerprint density at radius 3 is 2.84 bits per heavy atom. The van der Waals surface area contributed by atoms with E-state index in [-0.39, 0.29) is 24.0 Å². The van der Waals surface area contributed by atoms with Crippen LogP contribution >= 0.6 is 0 Å². The fraction of sp³-hybridized carbons (Fsp3) is 0.190. The molecule has 0 saturated heterocycles. The molecule has 0 saturated carbocycles. The first-order valence-corrected chi connectivity index (χ1v) is 9.73. The Labute approximate surface area is 178 Å². The molecule has 4 aromatic rings. The van der Waals surface area contributed by atoms with Crippen LogP contribution in [0.15, 0.2) is 53.5 Å². The molecule has 164 valence electrons. The van der Waals surface area contributed by atoms with Crippen LogP contribution in [-0.2, 0) is 6.18 Å². The van der Waals surface area contributed by atoms with Crippen LogP contribution in [0.1, 0.15) is 22.9 Å². The van der Waals surface area contributed by atoms with Gasteiger partial charge in [0.2, 0.25) is 5.88 Å². The molecule has 32 heavy (non-hydrogen) atoms. The number of hydrogen-bond acceptors (Lipinski definition) is 6. The van der Waals surface area contributed by atoms with Crippen LogP contribution in [-0.4, -0.2) is 32.7 Å². The van der Waals surface area contributed by atoms with Crippen molar-refractivity contribution >= 4 is 16.9 Å². The third kappa shape index (κ3) is 3.36. The first kappa shape index (κ1) is 20.1. The van der Waals surface area contributed by atoms with Crippen molar-refractivity contribution in [2.24, 2.45) is 0 Å². The van der Waals surface area contributed by atoms with E-state index in [1.165, 1.54) is 6.07 Å². The van der Waals surface area contributed by atoms with Crippen LogP contribution in [0, 0.1) is 0 Å². The number of hydrogen-bond donors (Lipinski definition) is 3. The molecule has 5 rings (SSSR count). The maximum Gasteiger partial charge on any atom is 0.416 e. The number of rotatable bonds is 2. The number of benzene rings is 1. The second kappa shape index (κ2) is 7.38. The van der Waals surface area contributed by atoms with Gasteiger partial charge in [-0.1, -0.05) is 6.07 Å². The fourth-order valence-electron chi connectivity index (χ4n) is 3.93. The zero-order chi connectivity index (χ0) is 22.5. The number of ether oxygens (including phenoxy) is 1. The number of anilines is 1. The number of pyridine rings is 1. The van der Waals surface area contributed by atoms with Gasteiger partial charge in [0.25, 0.3) is 0 Å².